The van der Waals surface area contributed by atoms with Crippen LogP contribution in [0.25, 0.3) is 0 Å². The summed E-state index contributed by atoms with van der Waals surface area (Å²) >= 11 is 5.94. The van der Waals surface area contributed by atoms with E-state index in [1.54, 1.807) is 12.1 Å². The molecule has 0 unspecified atom stereocenters. The average molecular weight is 271 g/mol. The van der Waals surface area contributed by atoms with Gasteiger partial charge in [0, 0.05) is 13.5 Å². The van der Waals surface area contributed by atoms with Crippen LogP contribution in [-0.2, 0) is 11.2 Å². The molecule has 2 amide bonds. The zero-order valence-electron chi connectivity index (χ0n) is 10.00. The zero-order chi connectivity index (χ0) is 13.5. The Morgan fingerprint density at radius 1 is 1.39 bits per heavy atom. The minimum absolute atomic E-state index is 0.179. The van der Waals surface area contributed by atoms with E-state index in [1.165, 1.54) is 6.92 Å². The first-order valence-electron chi connectivity index (χ1n) is 5.52. The molecule has 0 spiro atoms. The molecule has 0 aliphatic rings. The van der Waals surface area contributed by atoms with Crippen molar-refractivity contribution in [3.63, 3.8) is 0 Å². The van der Waals surface area contributed by atoms with Gasteiger partial charge >= 0.3 is 6.09 Å². The van der Waals surface area contributed by atoms with Gasteiger partial charge in [-0.2, -0.15) is 0 Å². The molecule has 0 saturated carbocycles. The fraction of sp³-hybridized carbons (Fsp3) is 0.333. The fourth-order valence-corrected chi connectivity index (χ4v) is 1.67. The maximum Gasteiger partial charge on any atom is 0.404 e. The Hall–Kier alpha value is -1.75. The van der Waals surface area contributed by atoms with Crippen LogP contribution >= 0.6 is 11.6 Å². The van der Waals surface area contributed by atoms with Crippen LogP contribution in [0.1, 0.15) is 18.9 Å². The lowest BCUT2D eigenvalue weighted by Gasteiger charge is -2.08. The van der Waals surface area contributed by atoms with E-state index in [1.807, 2.05) is 6.07 Å². The number of carbonyl (C=O) groups excluding carboxylic acids is 1. The third-order valence-corrected chi connectivity index (χ3v) is 2.59. The van der Waals surface area contributed by atoms with Crippen LogP contribution in [0, 0.1) is 0 Å². The zero-order valence-corrected chi connectivity index (χ0v) is 10.8. The molecule has 0 aromatic heterocycles. The summed E-state index contributed by atoms with van der Waals surface area (Å²) in [6, 6.07) is 5.37. The van der Waals surface area contributed by atoms with Gasteiger partial charge in [0.2, 0.25) is 5.91 Å². The highest BCUT2D eigenvalue weighted by molar-refractivity contribution is 6.33. The van der Waals surface area contributed by atoms with Crippen molar-refractivity contribution in [2.75, 3.05) is 11.9 Å². The SMILES string of the molecule is CC(=O)Nc1cc(CCCNC(=O)O)ccc1Cl. The Balaban J connectivity index is 2.56. The molecule has 6 heteroatoms. The number of anilines is 1. The van der Waals surface area contributed by atoms with Crippen LogP contribution in [-0.4, -0.2) is 23.7 Å². The number of amides is 2. The van der Waals surface area contributed by atoms with Crippen LogP contribution < -0.4 is 10.6 Å². The minimum Gasteiger partial charge on any atom is -0.465 e. The molecule has 0 saturated heterocycles. The van der Waals surface area contributed by atoms with Crippen LogP contribution in [0.3, 0.4) is 0 Å². The number of hydrogen-bond acceptors (Lipinski definition) is 2. The van der Waals surface area contributed by atoms with Crippen molar-refractivity contribution in [3.8, 4) is 0 Å². The Bertz CT molecular complexity index is 449. The summed E-state index contributed by atoms with van der Waals surface area (Å²) in [4.78, 5) is 21.2. The number of hydrogen-bond donors (Lipinski definition) is 3. The second-order valence-electron chi connectivity index (χ2n) is 3.83. The van der Waals surface area contributed by atoms with E-state index in [0.717, 1.165) is 5.56 Å². The molecule has 0 heterocycles. The normalized spacial score (nSPS) is 9.89. The molecule has 0 radical (unpaired) electrons. The lowest BCUT2D eigenvalue weighted by Crippen LogP contribution is -2.22. The van der Waals surface area contributed by atoms with Crippen molar-refractivity contribution in [2.24, 2.45) is 0 Å². The van der Waals surface area contributed by atoms with Crippen molar-refractivity contribution in [1.29, 1.82) is 0 Å². The molecule has 0 atom stereocenters. The van der Waals surface area contributed by atoms with Crippen LogP contribution in [0.5, 0.6) is 0 Å². The van der Waals surface area contributed by atoms with E-state index in [2.05, 4.69) is 10.6 Å². The van der Waals surface area contributed by atoms with Crippen molar-refractivity contribution in [2.45, 2.75) is 19.8 Å². The van der Waals surface area contributed by atoms with Gasteiger partial charge < -0.3 is 15.7 Å². The van der Waals surface area contributed by atoms with Crippen LogP contribution in [0.4, 0.5) is 10.5 Å². The van der Waals surface area contributed by atoms with Gasteiger partial charge in [0.25, 0.3) is 0 Å². The van der Waals surface area contributed by atoms with Gasteiger partial charge in [0.15, 0.2) is 0 Å². The highest BCUT2D eigenvalue weighted by atomic mass is 35.5. The number of rotatable bonds is 5. The molecule has 0 aliphatic carbocycles. The lowest BCUT2D eigenvalue weighted by molar-refractivity contribution is -0.114. The summed E-state index contributed by atoms with van der Waals surface area (Å²) in [7, 11) is 0. The second-order valence-corrected chi connectivity index (χ2v) is 4.24. The smallest absolute Gasteiger partial charge is 0.404 e. The largest absolute Gasteiger partial charge is 0.465 e. The van der Waals surface area contributed by atoms with Crippen molar-refractivity contribution < 1.29 is 14.7 Å². The Morgan fingerprint density at radius 2 is 2.11 bits per heavy atom. The monoisotopic (exact) mass is 270 g/mol. The number of benzene rings is 1. The maximum atomic E-state index is 11.0. The van der Waals surface area contributed by atoms with Gasteiger partial charge in [-0.1, -0.05) is 17.7 Å². The number of carbonyl (C=O) groups is 2. The number of nitrogens with one attached hydrogen (secondary N) is 2. The number of aryl methyl sites for hydroxylation is 1. The van der Waals surface area contributed by atoms with Gasteiger partial charge in [0.1, 0.15) is 0 Å². The molecule has 0 bridgehead atoms. The molecule has 5 nitrogen and oxygen atoms in total. The first-order valence-corrected chi connectivity index (χ1v) is 5.89. The summed E-state index contributed by atoms with van der Waals surface area (Å²) in [6.45, 7) is 1.81. The molecule has 3 N–H and O–H groups in total. The first kappa shape index (κ1) is 14.3. The van der Waals surface area contributed by atoms with Gasteiger partial charge in [-0.05, 0) is 30.5 Å². The average Bonchev–Trinajstić information content (AvgIpc) is 2.27. The van der Waals surface area contributed by atoms with E-state index in [4.69, 9.17) is 16.7 Å². The summed E-state index contributed by atoms with van der Waals surface area (Å²) in [6.07, 6.45) is 0.377. The quantitative estimate of drug-likeness (QED) is 0.719. The van der Waals surface area contributed by atoms with Gasteiger partial charge in [0.05, 0.1) is 10.7 Å². The first-order chi connectivity index (χ1) is 8.49. The fourth-order valence-electron chi connectivity index (χ4n) is 1.50. The van der Waals surface area contributed by atoms with E-state index in [0.29, 0.717) is 30.1 Å². The Labute approximate surface area is 110 Å². The van der Waals surface area contributed by atoms with Crippen LogP contribution in [0.15, 0.2) is 18.2 Å². The lowest BCUT2D eigenvalue weighted by atomic mass is 10.1. The predicted octanol–water partition coefficient (Wildman–Crippen LogP) is 2.50. The Morgan fingerprint density at radius 3 is 2.72 bits per heavy atom. The third-order valence-electron chi connectivity index (χ3n) is 2.26. The minimum atomic E-state index is -1.02. The van der Waals surface area contributed by atoms with E-state index < -0.39 is 6.09 Å². The van der Waals surface area contributed by atoms with Gasteiger partial charge in [-0.25, -0.2) is 4.79 Å². The second kappa shape index (κ2) is 6.86. The Kier molecular flexibility index (Phi) is 5.45. The predicted molar refractivity (Wildman–Crippen MR) is 70.1 cm³/mol. The molecular formula is C12H15ClN2O3. The van der Waals surface area contributed by atoms with E-state index in [9.17, 15) is 9.59 Å². The van der Waals surface area contributed by atoms with E-state index in [-0.39, 0.29) is 5.91 Å². The molecule has 1 rings (SSSR count). The van der Waals surface area contributed by atoms with Crippen molar-refractivity contribution in [3.05, 3.63) is 28.8 Å². The standard InChI is InChI=1S/C12H15ClN2O3/c1-8(16)15-11-7-9(4-5-10(11)13)3-2-6-14-12(17)18/h4-5,7,14H,2-3,6H2,1H3,(H,15,16)(H,17,18). The van der Waals surface area contributed by atoms with E-state index >= 15 is 0 Å². The number of halogens is 1. The molecule has 1 aromatic rings. The third kappa shape index (κ3) is 5.05. The van der Waals surface area contributed by atoms with Crippen molar-refractivity contribution >= 4 is 29.3 Å². The highest BCUT2D eigenvalue weighted by Gasteiger charge is 2.04. The van der Waals surface area contributed by atoms with Gasteiger partial charge in [-0.15, -0.1) is 0 Å². The molecular weight excluding hydrogens is 256 g/mol. The van der Waals surface area contributed by atoms with Crippen LogP contribution in [0.2, 0.25) is 5.02 Å². The van der Waals surface area contributed by atoms with Crippen molar-refractivity contribution in [1.82, 2.24) is 5.32 Å². The maximum absolute atomic E-state index is 11.0. The summed E-state index contributed by atoms with van der Waals surface area (Å²) in [5.74, 6) is -0.179. The molecule has 1 aromatic carbocycles. The topological polar surface area (TPSA) is 78.4 Å². The number of carboxylic acid groups (broad SMARTS) is 1. The molecule has 18 heavy (non-hydrogen) atoms. The summed E-state index contributed by atoms with van der Waals surface area (Å²) in [5, 5.41) is 13.8. The summed E-state index contributed by atoms with van der Waals surface area (Å²) < 4.78 is 0. The molecule has 0 fully saturated rings. The molecule has 98 valence electrons. The summed E-state index contributed by atoms with van der Waals surface area (Å²) in [5.41, 5.74) is 1.57. The highest BCUT2D eigenvalue weighted by Crippen LogP contribution is 2.23. The molecule has 0 aliphatic heterocycles. The van der Waals surface area contributed by atoms with Gasteiger partial charge in [-0.3, -0.25) is 4.79 Å².